The van der Waals surface area contributed by atoms with E-state index in [2.05, 4.69) is 5.32 Å². The van der Waals surface area contributed by atoms with E-state index >= 15 is 0 Å². The van der Waals surface area contributed by atoms with Gasteiger partial charge in [-0.3, -0.25) is 9.59 Å². The van der Waals surface area contributed by atoms with Crippen LogP contribution in [0.3, 0.4) is 0 Å². The molecule has 1 aliphatic carbocycles. The van der Waals surface area contributed by atoms with Crippen LogP contribution in [0.5, 0.6) is 0 Å². The number of nitrogens with zero attached hydrogens (tertiary/aromatic N) is 4. The Morgan fingerprint density at radius 2 is 1.82 bits per heavy atom. The number of carbonyl (C=O) groups excluding carboxylic acids is 2. The maximum atomic E-state index is 14.7. The minimum absolute atomic E-state index is 0.0210. The number of ether oxygens (including phenoxy) is 1. The molecule has 3 atom stereocenters. The Labute approximate surface area is 229 Å². The molecule has 0 spiro atoms. The van der Waals surface area contributed by atoms with Crippen LogP contribution in [-0.4, -0.2) is 85.2 Å². The van der Waals surface area contributed by atoms with E-state index in [1.54, 1.807) is 0 Å². The third-order valence-electron chi connectivity index (χ3n) is 7.88. The highest BCUT2D eigenvalue weighted by Crippen LogP contribution is 2.43. The maximum absolute atomic E-state index is 14.7. The summed E-state index contributed by atoms with van der Waals surface area (Å²) in [6.45, 7) is 0.206. The molecule has 4 fully saturated rings. The molecule has 10 nitrogen and oxygen atoms in total. The van der Waals surface area contributed by atoms with E-state index in [9.17, 15) is 35.6 Å². The van der Waals surface area contributed by atoms with Gasteiger partial charge >= 0.3 is 6.18 Å². The van der Waals surface area contributed by atoms with Crippen molar-refractivity contribution < 1.29 is 40.3 Å². The van der Waals surface area contributed by atoms with Crippen LogP contribution < -0.4 is 5.32 Å². The first-order valence-electron chi connectivity index (χ1n) is 13.1. The highest BCUT2D eigenvalue weighted by atomic mass is 32.2. The zero-order valence-corrected chi connectivity index (χ0v) is 22.3. The summed E-state index contributed by atoms with van der Waals surface area (Å²) in [6, 6.07) is 2.52. The monoisotopic (exact) mass is 587 g/mol. The number of morpholine rings is 1. The molecule has 5 rings (SSSR count). The first-order chi connectivity index (χ1) is 18.9. The Bertz CT molecular complexity index is 1310. The van der Waals surface area contributed by atoms with Crippen molar-refractivity contribution in [2.24, 2.45) is 11.8 Å². The lowest BCUT2D eigenvalue weighted by molar-refractivity contribution is -0.151. The van der Waals surface area contributed by atoms with Gasteiger partial charge in [-0.25, -0.2) is 4.39 Å². The summed E-state index contributed by atoms with van der Waals surface area (Å²) in [5.41, 5.74) is -1.16. The van der Waals surface area contributed by atoms with Gasteiger partial charge in [-0.05, 0) is 43.7 Å². The van der Waals surface area contributed by atoms with Crippen LogP contribution >= 0.6 is 0 Å². The molecule has 1 aromatic carbocycles. The molecular formula is C25H29F4N5O5S. The van der Waals surface area contributed by atoms with E-state index in [0.29, 0.717) is 31.7 Å². The number of rotatable bonds is 7. The van der Waals surface area contributed by atoms with Crippen LogP contribution in [-0.2, 0) is 30.7 Å². The lowest BCUT2D eigenvalue weighted by Crippen LogP contribution is -2.60. The van der Waals surface area contributed by atoms with Gasteiger partial charge < -0.3 is 15.0 Å². The van der Waals surface area contributed by atoms with E-state index in [0.717, 1.165) is 16.4 Å². The smallest absolute Gasteiger partial charge is 0.366 e. The van der Waals surface area contributed by atoms with E-state index in [1.165, 1.54) is 9.21 Å². The quantitative estimate of drug-likeness (QED) is 0.486. The fourth-order valence-corrected chi connectivity index (χ4v) is 7.12. The maximum Gasteiger partial charge on any atom is 0.416 e. The lowest BCUT2D eigenvalue weighted by atomic mass is 9.99. The van der Waals surface area contributed by atoms with Gasteiger partial charge in [0.2, 0.25) is 5.91 Å². The van der Waals surface area contributed by atoms with Crippen molar-refractivity contribution in [3.63, 3.8) is 0 Å². The molecule has 0 aromatic heterocycles. The third-order valence-corrected chi connectivity index (χ3v) is 9.82. The van der Waals surface area contributed by atoms with Crippen molar-refractivity contribution in [1.82, 2.24) is 18.8 Å². The predicted molar refractivity (Wildman–Crippen MR) is 131 cm³/mol. The number of alkyl halides is 3. The number of benzene rings is 1. The average Bonchev–Trinajstić information content (AvgIpc) is 3.61. The van der Waals surface area contributed by atoms with Crippen molar-refractivity contribution >= 4 is 22.0 Å². The van der Waals surface area contributed by atoms with Gasteiger partial charge in [0.1, 0.15) is 18.0 Å². The van der Waals surface area contributed by atoms with Crippen molar-refractivity contribution in [3.8, 4) is 6.07 Å². The minimum Gasteiger partial charge on any atom is -0.366 e. The van der Waals surface area contributed by atoms with Crippen molar-refractivity contribution in [1.29, 1.82) is 5.26 Å². The Morgan fingerprint density at radius 3 is 2.45 bits per heavy atom. The summed E-state index contributed by atoms with van der Waals surface area (Å²) in [6.07, 6.45) is -3.66. The Balaban J connectivity index is 1.26. The van der Waals surface area contributed by atoms with Gasteiger partial charge in [0.15, 0.2) is 0 Å². The number of hydrogen-bond donors (Lipinski definition) is 1. The van der Waals surface area contributed by atoms with Crippen molar-refractivity contribution in [2.45, 2.75) is 50.0 Å². The molecule has 40 heavy (non-hydrogen) atoms. The molecule has 0 unspecified atom stereocenters. The summed E-state index contributed by atoms with van der Waals surface area (Å²) in [5.74, 6) is -2.66. The third kappa shape index (κ3) is 5.67. The molecule has 0 bridgehead atoms. The molecule has 15 heteroatoms. The molecule has 1 saturated carbocycles. The largest absolute Gasteiger partial charge is 0.416 e. The summed E-state index contributed by atoms with van der Waals surface area (Å²) in [4.78, 5) is 28.1. The van der Waals surface area contributed by atoms with Gasteiger partial charge in [0.05, 0.1) is 36.7 Å². The zero-order valence-electron chi connectivity index (χ0n) is 21.4. The van der Waals surface area contributed by atoms with Crippen LogP contribution in [0.25, 0.3) is 0 Å². The van der Waals surface area contributed by atoms with E-state index in [-0.39, 0.29) is 56.7 Å². The second-order valence-electron chi connectivity index (χ2n) is 10.6. The lowest BCUT2D eigenvalue weighted by Gasteiger charge is -2.40. The average molecular weight is 588 g/mol. The van der Waals surface area contributed by atoms with Gasteiger partial charge in [0.25, 0.3) is 16.1 Å². The fraction of sp³-hybridized carbons (Fsp3) is 0.640. The van der Waals surface area contributed by atoms with E-state index in [4.69, 9.17) is 10.00 Å². The SMILES string of the molecule is N#CC1CN(S(=O)(=O)N2CCO[C@H](C(=O)N3CCC[C@@H]3C(=O)N[C@@H](c3ccc(C(F)(F)F)cc3F)C3CC3)C2)C1. The van der Waals surface area contributed by atoms with Crippen LogP contribution in [0, 0.1) is 29.0 Å². The number of carbonyl (C=O) groups is 2. The topological polar surface area (TPSA) is 123 Å². The molecule has 3 heterocycles. The number of nitrogens with one attached hydrogen (secondary N) is 1. The summed E-state index contributed by atoms with van der Waals surface area (Å²) in [5, 5.41) is 11.7. The van der Waals surface area contributed by atoms with Gasteiger partial charge in [0, 0.05) is 31.7 Å². The first kappa shape index (κ1) is 28.7. The Kier molecular flexibility index (Phi) is 7.81. The van der Waals surface area contributed by atoms with Gasteiger partial charge in [-0.1, -0.05) is 6.07 Å². The van der Waals surface area contributed by atoms with Gasteiger partial charge in [-0.2, -0.15) is 35.5 Å². The Hall–Kier alpha value is -2.80. The van der Waals surface area contributed by atoms with Crippen LogP contribution in [0.4, 0.5) is 17.6 Å². The number of nitriles is 1. The minimum atomic E-state index is -4.70. The Morgan fingerprint density at radius 1 is 1.10 bits per heavy atom. The number of hydrogen-bond acceptors (Lipinski definition) is 6. The normalized spacial score (nSPS) is 25.7. The molecular weight excluding hydrogens is 558 g/mol. The second-order valence-corrected chi connectivity index (χ2v) is 12.5. The first-order valence-corrected chi connectivity index (χ1v) is 14.5. The van der Waals surface area contributed by atoms with E-state index in [1.807, 2.05) is 6.07 Å². The molecule has 1 aromatic rings. The zero-order chi connectivity index (χ0) is 28.8. The summed E-state index contributed by atoms with van der Waals surface area (Å²) >= 11 is 0. The molecule has 218 valence electrons. The van der Waals surface area contributed by atoms with Crippen LogP contribution in [0.1, 0.15) is 42.9 Å². The summed E-state index contributed by atoms with van der Waals surface area (Å²) < 4.78 is 87.5. The highest BCUT2D eigenvalue weighted by Gasteiger charge is 2.45. The van der Waals surface area contributed by atoms with E-state index < -0.39 is 57.8 Å². The number of likely N-dealkylation sites (tertiary alicyclic amines) is 1. The molecule has 1 N–H and O–H groups in total. The molecule has 0 radical (unpaired) electrons. The van der Waals surface area contributed by atoms with Crippen LogP contribution in [0.15, 0.2) is 18.2 Å². The van der Waals surface area contributed by atoms with Crippen LogP contribution in [0.2, 0.25) is 0 Å². The molecule has 3 saturated heterocycles. The molecule has 4 aliphatic rings. The molecule has 3 aliphatic heterocycles. The molecule has 2 amide bonds. The van der Waals surface area contributed by atoms with Crippen molar-refractivity contribution in [3.05, 3.63) is 35.1 Å². The predicted octanol–water partition coefficient (Wildman–Crippen LogP) is 1.80. The van der Waals surface area contributed by atoms with Crippen molar-refractivity contribution in [2.75, 3.05) is 39.3 Å². The fourth-order valence-electron chi connectivity index (χ4n) is 5.43. The number of halogens is 4. The standard InChI is InChI=1S/C25H29F4N5O5S/c26-19-10-17(25(27,28)29)5-6-18(19)22(16-3-4-16)31-23(35)20-2-1-7-34(20)24(36)21-14-32(8-9-39-21)40(37,38)33-12-15(11-30)13-33/h5-6,10,15-16,20-22H,1-4,7-9,12-14H2,(H,31,35)/t20-,21+,22-/m1/s1. The number of amides is 2. The highest BCUT2D eigenvalue weighted by molar-refractivity contribution is 7.86. The summed E-state index contributed by atoms with van der Waals surface area (Å²) in [7, 11) is -3.87. The van der Waals surface area contributed by atoms with Gasteiger partial charge in [-0.15, -0.1) is 0 Å². The second kappa shape index (κ2) is 10.9.